The van der Waals surface area contributed by atoms with E-state index in [-0.39, 0.29) is 17.2 Å². The maximum absolute atomic E-state index is 11.6. The number of hydrogen-bond donors (Lipinski definition) is 2. The van der Waals surface area contributed by atoms with Crippen molar-refractivity contribution < 1.29 is 19.4 Å². The molecular weight excluding hydrogens is 258 g/mol. The molecule has 0 atom stereocenters. The largest absolute Gasteiger partial charge is 0.495 e. The summed E-state index contributed by atoms with van der Waals surface area (Å²) < 4.78 is 9.88. The van der Waals surface area contributed by atoms with Gasteiger partial charge in [-0.2, -0.15) is 0 Å². The highest BCUT2D eigenvalue weighted by atomic mass is 35.5. The Hall–Kier alpha value is -1.46. The van der Waals surface area contributed by atoms with Crippen LogP contribution in [0.4, 0.5) is 5.69 Å². The Morgan fingerprint density at radius 3 is 2.67 bits per heavy atom. The lowest BCUT2D eigenvalue weighted by Crippen LogP contribution is -2.09. The lowest BCUT2D eigenvalue weighted by molar-refractivity contribution is 0.0597. The smallest absolute Gasteiger partial charge is 0.341 e. The zero-order chi connectivity index (χ0) is 13.7. The second-order valence-electron chi connectivity index (χ2n) is 3.65. The molecule has 1 rings (SSSR count). The maximum atomic E-state index is 11.6. The van der Waals surface area contributed by atoms with Crippen molar-refractivity contribution in [3.05, 3.63) is 22.2 Å². The molecule has 0 aromatic heterocycles. The fourth-order valence-corrected chi connectivity index (χ4v) is 1.92. The molecule has 0 amide bonds. The SMILES string of the molecule is COC(=O)c1cc(Cl)c(N)c(CCCO)c1OC. The van der Waals surface area contributed by atoms with Gasteiger partial charge in [0.2, 0.25) is 0 Å². The van der Waals surface area contributed by atoms with Crippen molar-refractivity contribution in [2.45, 2.75) is 12.8 Å². The van der Waals surface area contributed by atoms with Crippen LogP contribution in [0.2, 0.25) is 5.02 Å². The quantitative estimate of drug-likeness (QED) is 0.630. The first-order valence-corrected chi connectivity index (χ1v) is 5.78. The van der Waals surface area contributed by atoms with Crippen molar-refractivity contribution in [1.82, 2.24) is 0 Å². The van der Waals surface area contributed by atoms with E-state index in [0.717, 1.165) is 0 Å². The first kappa shape index (κ1) is 14.6. The Morgan fingerprint density at radius 1 is 1.50 bits per heavy atom. The molecule has 5 nitrogen and oxygen atoms in total. The molecule has 0 fully saturated rings. The van der Waals surface area contributed by atoms with Gasteiger partial charge in [-0.1, -0.05) is 11.6 Å². The second-order valence-corrected chi connectivity index (χ2v) is 4.06. The number of nitrogens with two attached hydrogens (primary N) is 1. The van der Waals surface area contributed by atoms with Crippen LogP contribution < -0.4 is 10.5 Å². The molecule has 1 aromatic rings. The third-order valence-electron chi connectivity index (χ3n) is 2.57. The predicted molar refractivity (Wildman–Crippen MR) is 69.2 cm³/mol. The monoisotopic (exact) mass is 273 g/mol. The Morgan fingerprint density at radius 2 is 2.17 bits per heavy atom. The summed E-state index contributed by atoms with van der Waals surface area (Å²) in [5.74, 6) is -0.198. The summed E-state index contributed by atoms with van der Waals surface area (Å²) >= 11 is 5.98. The van der Waals surface area contributed by atoms with Crippen molar-refractivity contribution >= 4 is 23.3 Å². The molecule has 0 aliphatic carbocycles. The van der Waals surface area contributed by atoms with Crippen LogP contribution in [-0.2, 0) is 11.2 Å². The van der Waals surface area contributed by atoms with Gasteiger partial charge in [0.05, 0.1) is 24.9 Å². The normalized spacial score (nSPS) is 10.2. The summed E-state index contributed by atoms with van der Waals surface area (Å²) in [7, 11) is 2.72. The van der Waals surface area contributed by atoms with Gasteiger partial charge in [-0.15, -0.1) is 0 Å². The lowest BCUT2D eigenvalue weighted by atomic mass is 10.0. The van der Waals surface area contributed by atoms with E-state index in [0.29, 0.717) is 29.8 Å². The van der Waals surface area contributed by atoms with Crippen LogP contribution in [0.15, 0.2) is 6.07 Å². The minimum Gasteiger partial charge on any atom is -0.495 e. The Kier molecular flexibility index (Phi) is 5.25. The standard InChI is InChI=1S/C12H16ClNO4/c1-17-11-7(4-3-5-15)10(14)9(13)6-8(11)12(16)18-2/h6,15H,3-5,14H2,1-2H3. The van der Waals surface area contributed by atoms with E-state index in [1.165, 1.54) is 20.3 Å². The summed E-state index contributed by atoms with van der Waals surface area (Å²) in [6.45, 7) is 0.0165. The van der Waals surface area contributed by atoms with Gasteiger partial charge < -0.3 is 20.3 Å². The number of esters is 1. The molecule has 0 saturated carbocycles. The van der Waals surface area contributed by atoms with Gasteiger partial charge in [-0.05, 0) is 18.9 Å². The average molecular weight is 274 g/mol. The first-order valence-electron chi connectivity index (χ1n) is 5.40. The van der Waals surface area contributed by atoms with E-state index < -0.39 is 5.97 Å². The molecule has 18 heavy (non-hydrogen) atoms. The fourth-order valence-electron chi connectivity index (χ4n) is 1.70. The Bertz CT molecular complexity index is 448. The molecule has 0 radical (unpaired) electrons. The minimum absolute atomic E-state index is 0.0165. The number of aliphatic hydroxyl groups excluding tert-OH is 1. The average Bonchev–Trinajstić information content (AvgIpc) is 2.38. The molecule has 0 spiro atoms. The number of aliphatic hydroxyl groups is 1. The number of hydrogen-bond acceptors (Lipinski definition) is 5. The summed E-state index contributed by atoms with van der Waals surface area (Å²) in [6.07, 6.45) is 0.970. The Labute approximate surface area is 110 Å². The molecule has 6 heteroatoms. The third-order valence-corrected chi connectivity index (χ3v) is 2.88. The zero-order valence-electron chi connectivity index (χ0n) is 10.3. The highest BCUT2D eigenvalue weighted by Gasteiger charge is 2.21. The van der Waals surface area contributed by atoms with Gasteiger partial charge in [0.15, 0.2) is 0 Å². The molecule has 0 aliphatic heterocycles. The van der Waals surface area contributed by atoms with Crippen LogP contribution >= 0.6 is 11.6 Å². The van der Waals surface area contributed by atoms with Gasteiger partial charge >= 0.3 is 5.97 Å². The summed E-state index contributed by atoms with van der Waals surface area (Å²) in [6, 6.07) is 1.42. The molecule has 0 unspecified atom stereocenters. The highest BCUT2D eigenvalue weighted by Crippen LogP contribution is 2.36. The zero-order valence-corrected chi connectivity index (χ0v) is 11.1. The van der Waals surface area contributed by atoms with Gasteiger partial charge in [-0.25, -0.2) is 4.79 Å². The first-order chi connectivity index (χ1) is 8.56. The molecule has 3 N–H and O–H groups in total. The van der Waals surface area contributed by atoms with Gasteiger partial charge in [0, 0.05) is 12.2 Å². The molecule has 0 aliphatic rings. The third kappa shape index (κ3) is 2.86. The molecule has 0 heterocycles. The summed E-state index contributed by atoms with van der Waals surface area (Å²) in [5.41, 5.74) is 7.06. The van der Waals surface area contributed by atoms with E-state index in [1.807, 2.05) is 0 Å². The number of rotatable bonds is 5. The van der Waals surface area contributed by atoms with Crippen molar-refractivity contribution in [2.75, 3.05) is 26.6 Å². The van der Waals surface area contributed by atoms with Crippen LogP contribution in [0.5, 0.6) is 5.75 Å². The fraction of sp³-hybridized carbons (Fsp3) is 0.417. The van der Waals surface area contributed by atoms with Crippen LogP contribution in [0.1, 0.15) is 22.3 Å². The minimum atomic E-state index is -0.543. The number of carbonyl (C=O) groups excluding carboxylic acids is 1. The van der Waals surface area contributed by atoms with E-state index in [4.69, 9.17) is 27.2 Å². The lowest BCUT2D eigenvalue weighted by Gasteiger charge is -2.15. The molecule has 0 bridgehead atoms. The van der Waals surface area contributed by atoms with Crippen LogP contribution in [0.3, 0.4) is 0 Å². The number of halogens is 1. The van der Waals surface area contributed by atoms with Crippen LogP contribution in [0.25, 0.3) is 0 Å². The molecular formula is C12H16ClNO4. The number of anilines is 1. The molecule has 1 aromatic carbocycles. The van der Waals surface area contributed by atoms with E-state index in [1.54, 1.807) is 0 Å². The van der Waals surface area contributed by atoms with Crippen molar-refractivity contribution in [3.8, 4) is 5.75 Å². The van der Waals surface area contributed by atoms with E-state index in [2.05, 4.69) is 4.74 Å². The number of methoxy groups -OCH3 is 2. The second kappa shape index (κ2) is 6.47. The van der Waals surface area contributed by atoms with Crippen LogP contribution in [0, 0.1) is 0 Å². The highest BCUT2D eigenvalue weighted by molar-refractivity contribution is 6.33. The number of ether oxygens (including phenoxy) is 2. The van der Waals surface area contributed by atoms with Crippen molar-refractivity contribution in [3.63, 3.8) is 0 Å². The van der Waals surface area contributed by atoms with Gasteiger partial charge in [0.1, 0.15) is 11.3 Å². The number of carbonyl (C=O) groups is 1. The number of nitrogen functional groups attached to an aromatic ring is 1. The van der Waals surface area contributed by atoms with E-state index in [9.17, 15) is 4.79 Å². The van der Waals surface area contributed by atoms with Gasteiger partial charge in [0.25, 0.3) is 0 Å². The molecule has 100 valence electrons. The van der Waals surface area contributed by atoms with E-state index >= 15 is 0 Å². The van der Waals surface area contributed by atoms with Crippen molar-refractivity contribution in [1.29, 1.82) is 0 Å². The molecule has 0 saturated heterocycles. The summed E-state index contributed by atoms with van der Waals surface area (Å²) in [5, 5.41) is 9.14. The van der Waals surface area contributed by atoms with Crippen LogP contribution in [-0.4, -0.2) is 31.9 Å². The summed E-state index contributed by atoms with van der Waals surface area (Å²) in [4.78, 5) is 11.6. The Balaban J connectivity index is 3.36. The van der Waals surface area contributed by atoms with Crippen molar-refractivity contribution in [2.24, 2.45) is 0 Å². The predicted octanol–water partition coefficient (Wildman–Crippen LogP) is 1.64. The number of benzene rings is 1. The maximum Gasteiger partial charge on any atom is 0.341 e. The topological polar surface area (TPSA) is 81.8 Å². The van der Waals surface area contributed by atoms with Gasteiger partial charge in [-0.3, -0.25) is 0 Å².